The Hall–Kier alpha value is -1.69. The molecule has 1 aliphatic rings. The van der Waals surface area contributed by atoms with Crippen molar-refractivity contribution in [3.05, 3.63) is 41.9 Å². The predicted molar refractivity (Wildman–Crippen MR) is 82.4 cm³/mol. The minimum absolute atomic E-state index is 0.0152. The van der Waals surface area contributed by atoms with Crippen LogP contribution in [0.2, 0.25) is 0 Å². The van der Waals surface area contributed by atoms with Crippen molar-refractivity contribution >= 4 is 17.7 Å². The van der Waals surface area contributed by atoms with E-state index < -0.39 is 0 Å². The summed E-state index contributed by atoms with van der Waals surface area (Å²) in [6.07, 6.45) is 7.67. The third-order valence-electron chi connectivity index (χ3n) is 3.77. The van der Waals surface area contributed by atoms with Crippen LogP contribution in [0, 0.1) is 0 Å². The quantitative estimate of drug-likeness (QED) is 0.943. The van der Waals surface area contributed by atoms with E-state index in [1.807, 2.05) is 23.4 Å². The van der Waals surface area contributed by atoms with E-state index in [1.54, 1.807) is 24.0 Å². The summed E-state index contributed by atoms with van der Waals surface area (Å²) in [5.41, 5.74) is 0. The van der Waals surface area contributed by atoms with Gasteiger partial charge in [-0.05, 0) is 31.2 Å². The number of rotatable bonds is 4. The summed E-state index contributed by atoms with van der Waals surface area (Å²) in [7, 11) is 0. The van der Waals surface area contributed by atoms with E-state index in [0.717, 1.165) is 36.7 Å². The molecule has 1 amide bonds. The fraction of sp³-hybridized carbons (Fsp3) is 0.467. The number of hydrogen-bond donors (Lipinski definition) is 1. The van der Waals surface area contributed by atoms with Crippen molar-refractivity contribution in [1.29, 1.82) is 0 Å². The minimum Gasteiger partial charge on any atom is -0.455 e. The van der Waals surface area contributed by atoms with Gasteiger partial charge in [0.1, 0.15) is 11.6 Å². The van der Waals surface area contributed by atoms with Crippen molar-refractivity contribution in [3.63, 3.8) is 0 Å². The number of piperidine rings is 1. The van der Waals surface area contributed by atoms with E-state index in [0.29, 0.717) is 18.2 Å². The van der Waals surface area contributed by atoms with Crippen LogP contribution in [-0.4, -0.2) is 40.1 Å². The van der Waals surface area contributed by atoms with Gasteiger partial charge in [-0.15, -0.1) is 0 Å². The van der Waals surface area contributed by atoms with Gasteiger partial charge in [0.15, 0.2) is 5.76 Å². The molecule has 1 aliphatic heterocycles. The summed E-state index contributed by atoms with van der Waals surface area (Å²) in [4.78, 5) is 21.9. The number of H-pyrrole nitrogens is 1. The van der Waals surface area contributed by atoms with E-state index in [1.165, 1.54) is 0 Å². The Morgan fingerprint density at radius 1 is 1.57 bits per heavy atom. The molecular weight excluding hydrogens is 286 g/mol. The Bertz CT molecular complexity index is 594. The molecule has 0 bridgehead atoms. The number of aromatic amines is 1. The SMILES string of the molecule is CSCc1ccc(C(=O)N2CCC[C@@H](c3ncc[nH]3)C2)o1. The Balaban J connectivity index is 1.68. The van der Waals surface area contributed by atoms with Crippen LogP contribution in [0.4, 0.5) is 0 Å². The molecule has 1 N–H and O–H groups in total. The number of aromatic nitrogens is 2. The number of likely N-dealkylation sites (tertiary alicyclic amines) is 1. The lowest BCUT2D eigenvalue weighted by molar-refractivity contribution is 0.0671. The molecule has 0 unspecified atom stereocenters. The lowest BCUT2D eigenvalue weighted by Crippen LogP contribution is -2.39. The Morgan fingerprint density at radius 2 is 2.48 bits per heavy atom. The van der Waals surface area contributed by atoms with Crippen LogP contribution < -0.4 is 0 Å². The van der Waals surface area contributed by atoms with E-state index >= 15 is 0 Å². The van der Waals surface area contributed by atoms with E-state index in [2.05, 4.69) is 9.97 Å². The second-order valence-electron chi connectivity index (χ2n) is 5.26. The number of nitrogens with one attached hydrogen (secondary N) is 1. The summed E-state index contributed by atoms with van der Waals surface area (Å²) in [5, 5.41) is 0. The maximum atomic E-state index is 12.5. The molecule has 112 valence electrons. The molecule has 0 saturated carbocycles. The fourth-order valence-electron chi connectivity index (χ4n) is 2.75. The van der Waals surface area contributed by atoms with Gasteiger partial charge in [-0.3, -0.25) is 4.79 Å². The molecule has 1 atom stereocenters. The number of carbonyl (C=O) groups excluding carboxylic acids is 1. The average Bonchev–Trinajstić information content (AvgIpc) is 3.18. The first-order chi connectivity index (χ1) is 10.3. The highest BCUT2D eigenvalue weighted by atomic mass is 32.2. The second kappa shape index (κ2) is 6.39. The van der Waals surface area contributed by atoms with Gasteiger partial charge < -0.3 is 14.3 Å². The summed E-state index contributed by atoms with van der Waals surface area (Å²) in [5.74, 6) is 3.33. The summed E-state index contributed by atoms with van der Waals surface area (Å²) in [6, 6.07) is 3.67. The molecular formula is C15H19N3O2S. The molecule has 2 aromatic rings. The zero-order valence-electron chi connectivity index (χ0n) is 12.0. The lowest BCUT2D eigenvalue weighted by atomic mass is 9.97. The molecule has 0 radical (unpaired) electrons. The maximum Gasteiger partial charge on any atom is 0.289 e. The van der Waals surface area contributed by atoms with Gasteiger partial charge in [0, 0.05) is 31.4 Å². The number of nitrogens with zero attached hydrogens (tertiary/aromatic N) is 2. The largest absolute Gasteiger partial charge is 0.455 e. The zero-order valence-corrected chi connectivity index (χ0v) is 12.9. The molecule has 1 saturated heterocycles. The van der Waals surface area contributed by atoms with Gasteiger partial charge in [-0.2, -0.15) is 11.8 Å². The molecule has 21 heavy (non-hydrogen) atoms. The Kier molecular flexibility index (Phi) is 4.34. The molecule has 2 aromatic heterocycles. The van der Waals surface area contributed by atoms with Crippen LogP contribution in [0.15, 0.2) is 28.9 Å². The highest BCUT2D eigenvalue weighted by Gasteiger charge is 2.28. The molecule has 6 heteroatoms. The van der Waals surface area contributed by atoms with Crippen molar-refractivity contribution in [3.8, 4) is 0 Å². The van der Waals surface area contributed by atoms with Crippen LogP contribution in [0.5, 0.6) is 0 Å². The van der Waals surface area contributed by atoms with Crippen LogP contribution in [-0.2, 0) is 5.75 Å². The van der Waals surface area contributed by atoms with Crippen LogP contribution in [0.3, 0.4) is 0 Å². The molecule has 0 aliphatic carbocycles. The van der Waals surface area contributed by atoms with Gasteiger partial charge in [0.25, 0.3) is 5.91 Å². The first-order valence-electron chi connectivity index (χ1n) is 7.14. The zero-order chi connectivity index (χ0) is 14.7. The number of thioether (sulfide) groups is 1. The fourth-order valence-corrected chi connectivity index (χ4v) is 3.19. The number of furan rings is 1. The highest BCUT2D eigenvalue weighted by Crippen LogP contribution is 2.26. The number of carbonyl (C=O) groups is 1. The third kappa shape index (κ3) is 3.15. The monoisotopic (exact) mass is 305 g/mol. The van der Waals surface area contributed by atoms with Crippen LogP contribution >= 0.6 is 11.8 Å². The first kappa shape index (κ1) is 14.3. The Labute approximate surface area is 128 Å². The third-order valence-corrected chi connectivity index (χ3v) is 4.35. The molecule has 5 nitrogen and oxygen atoms in total. The number of amides is 1. The van der Waals surface area contributed by atoms with Crippen molar-refractivity contribution in [1.82, 2.24) is 14.9 Å². The summed E-state index contributed by atoms with van der Waals surface area (Å²) >= 11 is 1.68. The Morgan fingerprint density at radius 3 is 3.24 bits per heavy atom. The number of hydrogen-bond acceptors (Lipinski definition) is 4. The summed E-state index contributed by atoms with van der Waals surface area (Å²) < 4.78 is 5.63. The normalized spacial score (nSPS) is 18.9. The molecule has 0 aromatic carbocycles. The maximum absolute atomic E-state index is 12.5. The van der Waals surface area contributed by atoms with Gasteiger partial charge in [-0.1, -0.05) is 0 Å². The van der Waals surface area contributed by atoms with Crippen molar-refractivity contribution in [2.45, 2.75) is 24.5 Å². The molecule has 3 heterocycles. The van der Waals surface area contributed by atoms with Crippen molar-refractivity contribution < 1.29 is 9.21 Å². The van der Waals surface area contributed by atoms with Gasteiger partial charge in [-0.25, -0.2) is 4.98 Å². The highest BCUT2D eigenvalue weighted by molar-refractivity contribution is 7.97. The number of imidazole rings is 1. The van der Waals surface area contributed by atoms with Crippen LogP contribution in [0.1, 0.15) is 40.9 Å². The molecule has 3 rings (SSSR count). The summed E-state index contributed by atoms with van der Waals surface area (Å²) in [6.45, 7) is 1.49. The molecule has 1 fully saturated rings. The standard InChI is InChI=1S/C15H19N3O2S/c1-21-10-12-4-5-13(20-12)15(19)18-8-2-3-11(9-18)14-16-6-7-17-14/h4-7,11H,2-3,8-10H2,1H3,(H,16,17)/t11-/m1/s1. The van der Waals surface area contributed by atoms with Crippen LogP contribution in [0.25, 0.3) is 0 Å². The topological polar surface area (TPSA) is 62.1 Å². The first-order valence-corrected chi connectivity index (χ1v) is 8.53. The van der Waals surface area contributed by atoms with Gasteiger partial charge in [0.05, 0.1) is 5.75 Å². The minimum atomic E-state index is -0.0152. The molecule has 0 spiro atoms. The predicted octanol–water partition coefficient (Wildman–Crippen LogP) is 2.89. The van der Waals surface area contributed by atoms with E-state index in [4.69, 9.17) is 4.42 Å². The van der Waals surface area contributed by atoms with Gasteiger partial charge in [0.2, 0.25) is 0 Å². The van der Waals surface area contributed by atoms with E-state index in [-0.39, 0.29) is 5.91 Å². The lowest BCUT2D eigenvalue weighted by Gasteiger charge is -2.31. The second-order valence-corrected chi connectivity index (χ2v) is 6.13. The average molecular weight is 305 g/mol. The van der Waals surface area contributed by atoms with E-state index in [9.17, 15) is 4.79 Å². The van der Waals surface area contributed by atoms with Crippen molar-refractivity contribution in [2.75, 3.05) is 19.3 Å². The smallest absolute Gasteiger partial charge is 0.289 e. The van der Waals surface area contributed by atoms with Gasteiger partial charge >= 0.3 is 0 Å². The van der Waals surface area contributed by atoms with Crippen molar-refractivity contribution in [2.24, 2.45) is 0 Å².